The van der Waals surface area contributed by atoms with Crippen LogP contribution in [0.15, 0.2) is 11.6 Å². The summed E-state index contributed by atoms with van der Waals surface area (Å²) in [4.78, 5) is 36.5. The second kappa shape index (κ2) is 5.39. The van der Waals surface area contributed by atoms with Gasteiger partial charge >= 0.3 is 11.9 Å². The number of aliphatic hydroxyl groups is 1. The first kappa shape index (κ1) is 17.1. The Hall–Kier alpha value is -1.73. The van der Waals surface area contributed by atoms with Gasteiger partial charge in [0.1, 0.15) is 0 Å². The summed E-state index contributed by atoms with van der Waals surface area (Å²) in [6.45, 7) is 6.33. The van der Waals surface area contributed by atoms with E-state index in [4.69, 9.17) is 14.2 Å². The molecule has 0 aromatic carbocycles. The molecule has 6 unspecified atom stereocenters. The van der Waals surface area contributed by atoms with Gasteiger partial charge in [0.2, 0.25) is 0 Å². The zero-order valence-corrected chi connectivity index (χ0v) is 14.2. The third-order valence-corrected chi connectivity index (χ3v) is 5.60. The molecule has 24 heavy (non-hydrogen) atoms. The molecule has 1 spiro atoms. The SMILES string of the molecule is CC(=O)OC1C(=O)C(C)=CCC12C1C(C)COC(=O)C1OC2(C)O. The number of Topliss-reactive ketones (excluding diaryl/α,β-unsaturated/α-hetero) is 1. The van der Waals surface area contributed by atoms with Crippen molar-refractivity contribution >= 4 is 17.7 Å². The number of rotatable bonds is 1. The number of fused-ring (bicyclic) bond motifs is 2. The van der Waals surface area contributed by atoms with Gasteiger partial charge in [-0.1, -0.05) is 13.0 Å². The fourth-order valence-corrected chi connectivity index (χ4v) is 4.45. The van der Waals surface area contributed by atoms with E-state index >= 15 is 0 Å². The summed E-state index contributed by atoms with van der Waals surface area (Å²) in [5.41, 5.74) is -0.754. The molecule has 0 bridgehead atoms. The lowest BCUT2D eigenvalue weighted by atomic mass is 9.57. The van der Waals surface area contributed by atoms with Crippen LogP contribution >= 0.6 is 0 Å². The number of carbonyl (C=O) groups is 3. The Bertz CT molecular complexity index is 635. The number of cyclic esters (lactones) is 1. The monoisotopic (exact) mass is 338 g/mol. The summed E-state index contributed by atoms with van der Waals surface area (Å²) in [6.07, 6.45) is -0.191. The highest BCUT2D eigenvalue weighted by molar-refractivity contribution is 6.01. The van der Waals surface area contributed by atoms with Crippen molar-refractivity contribution in [3.63, 3.8) is 0 Å². The molecule has 0 aromatic rings. The minimum absolute atomic E-state index is 0.153. The third kappa shape index (κ3) is 2.14. The quantitative estimate of drug-likeness (QED) is 0.704. The summed E-state index contributed by atoms with van der Waals surface area (Å²) in [6, 6.07) is 0. The fourth-order valence-electron chi connectivity index (χ4n) is 4.45. The molecule has 7 heteroatoms. The average Bonchev–Trinajstić information content (AvgIpc) is 2.73. The van der Waals surface area contributed by atoms with Crippen molar-refractivity contribution in [3.05, 3.63) is 11.6 Å². The van der Waals surface area contributed by atoms with Gasteiger partial charge in [-0.15, -0.1) is 0 Å². The fraction of sp³-hybridized carbons (Fsp3) is 0.706. The van der Waals surface area contributed by atoms with Crippen molar-refractivity contribution in [1.29, 1.82) is 0 Å². The van der Waals surface area contributed by atoms with E-state index in [0.717, 1.165) is 0 Å². The van der Waals surface area contributed by atoms with Gasteiger partial charge in [0.25, 0.3) is 0 Å². The van der Waals surface area contributed by atoms with E-state index in [2.05, 4.69) is 0 Å². The van der Waals surface area contributed by atoms with Crippen LogP contribution in [0.2, 0.25) is 0 Å². The molecule has 3 rings (SSSR count). The van der Waals surface area contributed by atoms with Crippen molar-refractivity contribution in [2.75, 3.05) is 6.61 Å². The highest BCUT2D eigenvalue weighted by atomic mass is 16.7. The summed E-state index contributed by atoms with van der Waals surface area (Å²) < 4.78 is 16.1. The molecular formula is C17H22O7. The molecule has 0 amide bonds. The van der Waals surface area contributed by atoms with Gasteiger partial charge in [0, 0.05) is 12.8 Å². The van der Waals surface area contributed by atoms with Gasteiger partial charge in [-0.3, -0.25) is 9.59 Å². The molecule has 2 saturated heterocycles. The van der Waals surface area contributed by atoms with Crippen LogP contribution in [0, 0.1) is 17.3 Å². The number of allylic oxidation sites excluding steroid dienone is 1. The predicted molar refractivity (Wildman–Crippen MR) is 80.5 cm³/mol. The van der Waals surface area contributed by atoms with E-state index in [1.54, 1.807) is 13.0 Å². The lowest BCUT2D eigenvalue weighted by Gasteiger charge is -2.49. The topological polar surface area (TPSA) is 99.1 Å². The molecule has 1 N–H and O–H groups in total. The Morgan fingerprint density at radius 2 is 2.08 bits per heavy atom. The van der Waals surface area contributed by atoms with Crippen molar-refractivity contribution < 1.29 is 33.7 Å². The molecule has 0 saturated carbocycles. The molecule has 3 aliphatic rings. The number of hydrogen-bond acceptors (Lipinski definition) is 7. The van der Waals surface area contributed by atoms with Gasteiger partial charge in [-0.2, -0.15) is 0 Å². The van der Waals surface area contributed by atoms with Crippen molar-refractivity contribution in [2.24, 2.45) is 17.3 Å². The molecule has 0 aromatic heterocycles. The summed E-state index contributed by atoms with van der Waals surface area (Å²) in [7, 11) is 0. The van der Waals surface area contributed by atoms with Crippen LogP contribution in [0.1, 0.15) is 34.1 Å². The predicted octanol–water partition coefficient (Wildman–Crippen LogP) is 0.740. The molecule has 1 aliphatic carbocycles. The average molecular weight is 338 g/mol. The van der Waals surface area contributed by atoms with Crippen LogP contribution in [-0.4, -0.2) is 47.4 Å². The minimum atomic E-state index is -1.81. The van der Waals surface area contributed by atoms with Crippen LogP contribution in [0.5, 0.6) is 0 Å². The highest BCUT2D eigenvalue weighted by Gasteiger charge is 2.72. The number of esters is 2. The van der Waals surface area contributed by atoms with Crippen LogP contribution < -0.4 is 0 Å². The standard InChI is InChI=1S/C17H22O7/c1-8-5-6-17(14(12(8)19)23-10(3)18)11-9(2)7-22-15(20)13(11)24-16(17,4)21/h5,9,11,13-14,21H,6-7H2,1-4H3. The lowest BCUT2D eigenvalue weighted by molar-refractivity contribution is -0.250. The first-order chi connectivity index (χ1) is 11.1. The van der Waals surface area contributed by atoms with E-state index in [-0.39, 0.29) is 24.7 Å². The molecule has 2 heterocycles. The Morgan fingerprint density at radius 1 is 1.42 bits per heavy atom. The second-order valence-electron chi connectivity index (χ2n) is 7.14. The van der Waals surface area contributed by atoms with Crippen LogP contribution in [0.25, 0.3) is 0 Å². The molecule has 6 atom stereocenters. The first-order valence-corrected chi connectivity index (χ1v) is 8.07. The zero-order chi connectivity index (χ0) is 17.9. The summed E-state index contributed by atoms with van der Waals surface area (Å²) in [5, 5.41) is 11.0. The van der Waals surface area contributed by atoms with Gasteiger partial charge in [0.05, 0.1) is 12.0 Å². The van der Waals surface area contributed by atoms with Gasteiger partial charge < -0.3 is 19.3 Å². The molecule has 0 radical (unpaired) electrons. The third-order valence-electron chi connectivity index (χ3n) is 5.60. The Morgan fingerprint density at radius 3 is 2.71 bits per heavy atom. The highest BCUT2D eigenvalue weighted by Crippen LogP contribution is 2.60. The Kier molecular flexibility index (Phi) is 3.84. The Balaban J connectivity index is 2.17. The van der Waals surface area contributed by atoms with Crippen molar-refractivity contribution in [3.8, 4) is 0 Å². The van der Waals surface area contributed by atoms with E-state index in [0.29, 0.717) is 5.57 Å². The summed E-state index contributed by atoms with van der Waals surface area (Å²) >= 11 is 0. The molecule has 2 aliphatic heterocycles. The second-order valence-corrected chi connectivity index (χ2v) is 7.14. The van der Waals surface area contributed by atoms with E-state index in [1.807, 2.05) is 6.92 Å². The van der Waals surface area contributed by atoms with Crippen LogP contribution in [-0.2, 0) is 28.6 Å². The Labute approximate surface area is 139 Å². The van der Waals surface area contributed by atoms with Crippen molar-refractivity contribution in [2.45, 2.75) is 52.1 Å². The number of carbonyl (C=O) groups excluding carboxylic acids is 3. The van der Waals surface area contributed by atoms with E-state index in [1.165, 1.54) is 13.8 Å². The smallest absolute Gasteiger partial charge is 0.335 e. The normalized spacial score (nSPS) is 44.8. The van der Waals surface area contributed by atoms with Gasteiger partial charge in [0.15, 0.2) is 23.8 Å². The van der Waals surface area contributed by atoms with Crippen LogP contribution in [0.4, 0.5) is 0 Å². The molecule has 2 fully saturated rings. The van der Waals surface area contributed by atoms with Gasteiger partial charge in [-0.25, -0.2) is 4.79 Å². The largest absolute Gasteiger partial charge is 0.463 e. The minimum Gasteiger partial charge on any atom is -0.463 e. The summed E-state index contributed by atoms with van der Waals surface area (Å²) in [5.74, 6) is -4.01. The number of ketones is 1. The van der Waals surface area contributed by atoms with Gasteiger partial charge in [-0.05, 0) is 31.8 Å². The maximum atomic E-state index is 12.7. The van der Waals surface area contributed by atoms with Crippen LogP contribution in [0.3, 0.4) is 0 Å². The first-order valence-electron chi connectivity index (χ1n) is 8.07. The number of ether oxygens (including phenoxy) is 3. The lowest BCUT2D eigenvalue weighted by Crippen LogP contribution is -2.61. The number of hydrogen-bond donors (Lipinski definition) is 1. The maximum Gasteiger partial charge on any atom is 0.335 e. The van der Waals surface area contributed by atoms with Crippen molar-refractivity contribution in [1.82, 2.24) is 0 Å². The molecular weight excluding hydrogens is 316 g/mol. The zero-order valence-electron chi connectivity index (χ0n) is 14.2. The molecule has 132 valence electrons. The molecule has 7 nitrogen and oxygen atoms in total. The van der Waals surface area contributed by atoms with E-state index in [9.17, 15) is 19.5 Å². The maximum absolute atomic E-state index is 12.7. The van der Waals surface area contributed by atoms with E-state index < -0.39 is 41.3 Å².